The van der Waals surface area contributed by atoms with Gasteiger partial charge in [0.05, 0.1) is 16.8 Å². The summed E-state index contributed by atoms with van der Waals surface area (Å²) in [6.07, 6.45) is -2.29. The number of carbonyl (C=O) groups excluding carboxylic acids is 3. The largest absolute Gasteiger partial charge is 0.416 e. The molecule has 11 heteroatoms. The van der Waals surface area contributed by atoms with Gasteiger partial charge in [0, 0.05) is 29.3 Å². The third-order valence-corrected chi connectivity index (χ3v) is 7.96. The summed E-state index contributed by atoms with van der Waals surface area (Å²) in [6, 6.07) is 33.1. The second kappa shape index (κ2) is 14.8. The first-order valence-corrected chi connectivity index (χ1v) is 15.7. The zero-order chi connectivity index (χ0) is 35.1. The lowest BCUT2D eigenvalue weighted by molar-refractivity contribution is -0.137. The topological polar surface area (TPSA) is 113 Å². The number of rotatable bonds is 10. The summed E-state index contributed by atoms with van der Waals surface area (Å²) in [5.41, 5.74) is 2.64. The van der Waals surface area contributed by atoms with E-state index in [2.05, 4.69) is 25.9 Å². The van der Waals surface area contributed by atoms with Crippen LogP contribution in [-0.2, 0) is 17.4 Å². The standard InChI is InChI=1S/C39H30F3N5O3/c40-39(41,42)29-17-13-26(14-18-29)30-10-4-5-11-31(30)37(49)46-34-20-16-27-24-28(15-19-32(27)45-34)36(48)47-35(33-12-6-7-22-43-33)38(50)44-23-21-25-8-2-1-3-9-25/h1-20,22,24,35H,21,23H2,(H,44,50)(H,47,48)(H,45,46,49)/t35-/m0/s1. The van der Waals surface area contributed by atoms with Crippen molar-refractivity contribution in [3.8, 4) is 11.1 Å². The van der Waals surface area contributed by atoms with E-state index in [0.29, 0.717) is 46.3 Å². The molecule has 0 bridgehead atoms. The molecule has 8 nitrogen and oxygen atoms in total. The molecule has 0 spiro atoms. The molecule has 0 aliphatic carbocycles. The van der Waals surface area contributed by atoms with E-state index in [-0.39, 0.29) is 11.4 Å². The lowest BCUT2D eigenvalue weighted by Gasteiger charge is -2.18. The summed E-state index contributed by atoms with van der Waals surface area (Å²) < 4.78 is 39.2. The number of hydrogen-bond donors (Lipinski definition) is 3. The monoisotopic (exact) mass is 673 g/mol. The highest BCUT2D eigenvalue weighted by Gasteiger charge is 2.30. The first kappa shape index (κ1) is 33.5. The van der Waals surface area contributed by atoms with Gasteiger partial charge in [-0.15, -0.1) is 0 Å². The van der Waals surface area contributed by atoms with Gasteiger partial charge in [-0.2, -0.15) is 13.2 Å². The molecule has 0 saturated heterocycles. The van der Waals surface area contributed by atoms with Crippen molar-refractivity contribution in [2.45, 2.75) is 18.6 Å². The van der Waals surface area contributed by atoms with Crippen LogP contribution >= 0.6 is 0 Å². The van der Waals surface area contributed by atoms with Crippen molar-refractivity contribution >= 4 is 34.4 Å². The average molecular weight is 674 g/mol. The molecule has 0 fully saturated rings. The van der Waals surface area contributed by atoms with Crippen molar-refractivity contribution in [2.24, 2.45) is 0 Å². The third-order valence-electron chi connectivity index (χ3n) is 7.96. The van der Waals surface area contributed by atoms with E-state index in [0.717, 1.165) is 17.7 Å². The highest BCUT2D eigenvalue weighted by molar-refractivity contribution is 6.09. The van der Waals surface area contributed by atoms with Crippen LogP contribution < -0.4 is 16.0 Å². The van der Waals surface area contributed by atoms with Crippen LogP contribution in [0.4, 0.5) is 19.0 Å². The number of benzene rings is 4. The molecule has 3 amide bonds. The molecule has 1 atom stereocenters. The Balaban J connectivity index is 1.15. The van der Waals surface area contributed by atoms with Gasteiger partial charge in [-0.1, -0.05) is 66.7 Å². The number of alkyl halides is 3. The van der Waals surface area contributed by atoms with Crippen molar-refractivity contribution in [1.29, 1.82) is 0 Å². The summed E-state index contributed by atoms with van der Waals surface area (Å²) in [4.78, 5) is 48.8. The molecule has 0 radical (unpaired) electrons. The van der Waals surface area contributed by atoms with E-state index in [4.69, 9.17) is 0 Å². The van der Waals surface area contributed by atoms with Crippen LogP contribution in [0.3, 0.4) is 0 Å². The molecule has 0 aliphatic heterocycles. The van der Waals surface area contributed by atoms with Crippen molar-refractivity contribution in [1.82, 2.24) is 20.6 Å². The van der Waals surface area contributed by atoms with Crippen LogP contribution in [-0.4, -0.2) is 34.2 Å². The van der Waals surface area contributed by atoms with Gasteiger partial charge in [-0.25, -0.2) is 4.98 Å². The molecule has 6 aromatic rings. The van der Waals surface area contributed by atoms with E-state index >= 15 is 0 Å². The SMILES string of the molecule is O=C(N[C@H](C(=O)NCCc1ccccc1)c1ccccn1)c1ccc2nc(NC(=O)c3ccccc3-c3ccc(C(F)(F)F)cc3)ccc2c1. The second-order valence-electron chi connectivity index (χ2n) is 11.4. The Morgan fingerprint density at radius 2 is 1.48 bits per heavy atom. The van der Waals surface area contributed by atoms with Crippen molar-refractivity contribution in [3.05, 3.63) is 162 Å². The maximum absolute atomic E-state index is 13.4. The fourth-order valence-corrected chi connectivity index (χ4v) is 5.40. The van der Waals surface area contributed by atoms with Gasteiger partial charge in [0.15, 0.2) is 6.04 Å². The first-order valence-electron chi connectivity index (χ1n) is 15.7. The molecule has 2 aromatic heterocycles. The lowest BCUT2D eigenvalue weighted by atomic mass is 9.98. The Hall–Kier alpha value is -6.36. The predicted octanol–water partition coefficient (Wildman–Crippen LogP) is 7.40. The zero-order valence-corrected chi connectivity index (χ0v) is 26.4. The van der Waals surface area contributed by atoms with Crippen LogP contribution in [0, 0.1) is 0 Å². The van der Waals surface area contributed by atoms with Crippen LogP contribution in [0.2, 0.25) is 0 Å². The third kappa shape index (κ3) is 8.01. The number of hydrogen-bond acceptors (Lipinski definition) is 5. The highest BCUT2D eigenvalue weighted by atomic mass is 19.4. The average Bonchev–Trinajstić information content (AvgIpc) is 3.14. The van der Waals surface area contributed by atoms with E-state index in [1.165, 1.54) is 12.1 Å². The van der Waals surface area contributed by atoms with Crippen LogP contribution in [0.1, 0.15) is 43.6 Å². The Kier molecular flexibility index (Phi) is 9.94. The predicted molar refractivity (Wildman–Crippen MR) is 184 cm³/mol. The van der Waals surface area contributed by atoms with E-state index < -0.39 is 35.5 Å². The number of halogens is 3. The van der Waals surface area contributed by atoms with Crippen molar-refractivity contribution in [3.63, 3.8) is 0 Å². The molecular formula is C39H30F3N5O3. The van der Waals surface area contributed by atoms with Crippen LogP contribution in [0.15, 0.2) is 134 Å². The highest BCUT2D eigenvalue weighted by Crippen LogP contribution is 2.32. The van der Waals surface area contributed by atoms with Gasteiger partial charge in [0.2, 0.25) is 5.91 Å². The smallest absolute Gasteiger partial charge is 0.354 e. The van der Waals surface area contributed by atoms with Crippen LogP contribution in [0.5, 0.6) is 0 Å². The maximum atomic E-state index is 13.4. The number of nitrogens with one attached hydrogen (secondary N) is 3. The van der Waals surface area contributed by atoms with Gasteiger partial charge in [0.1, 0.15) is 5.82 Å². The van der Waals surface area contributed by atoms with E-state index in [1.807, 2.05) is 30.3 Å². The molecule has 3 N–H and O–H groups in total. The quantitative estimate of drug-likeness (QED) is 0.140. The Morgan fingerprint density at radius 3 is 2.22 bits per heavy atom. The second-order valence-corrected chi connectivity index (χ2v) is 11.4. The fraction of sp³-hybridized carbons (Fsp3) is 0.103. The van der Waals surface area contributed by atoms with Gasteiger partial charge in [0.25, 0.3) is 11.8 Å². The molecule has 0 aliphatic rings. The zero-order valence-electron chi connectivity index (χ0n) is 26.4. The fourth-order valence-electron chi connectivity index (χ4n) is 5.40. The minimum Gasteiger partial charge on any atom is -0.354 e. The number of fused-ring (bicyclic) bond motifs is 1. The summed E-state index contributed by atoms with van der Waals surface area (Å²) in [5, 5.41) is 9.06. The Morgan fingerprint density at radius 1 is 0.740 bits per heavy atom. The number of aromatic nitrogens is 2. The van der Waals surface area contributed by atoms with E-state index in [9.17, 15) is 27.6 Å². The van der Waals surface area contributed by atoms with Gasteiger partial charge in [-0.3, -0.25) is 19.4 Å². The normalized spacial score (nSPS) is 11.8. The number of carbonyl (C=O) groups is 3. The van der Waals surface area contributed by atoms with Gasteiger partial charge >= 0.3 is 6.18 Å². The molecule has 6 rings (SSSR count). The van der Waals surface area contributed by atoms with E-state index in [1.54, 1.807) is 79.0 Å². The number of amides is 3. The van der Waals surface area contributed by atoms with Gasteiger partial charge in [-0.05, 0) is 83.8 Å². The first-order chi connectivity index (χ1) is 24.2. The van der Waals surface area contributed by atoms with Gasteiger partial charge < -0.3 is 16.0 Å². The van der Waals surface area contributed by atoms with Crippen LogP contribution in [0.25, 0.3) is 22.0 Å². The summed E-state index contributed by atoms with van der Waals surface area (Å²) >= 11 is 0. The lowest BCUT2D eigenvalue weighted by Crippen LogP contribution is -2.41. The number of pyridine rings is 2. The molecule has 2 heterocycles. The summed E-state index contributed by atoms with van der Waals surface area (Å²) in [5.74, 6) is -1.14. The molecule has 0 unspecified atom stereocenters. The molecule has 50 heavy (non-hydrogen) atoms. The maximum Gasteiger partial charge on any atom is 0.416 e. The van der Waals surface area contributed by atoms with Crippen molar-refractivity contribution < 1.29 is 27.6 Å². The summed E-state index contributed by atoms with van der Waals surface area (Å²) in [6.45, 7) is 0.378. The minimum atomic E-state index is -4.47. The molecule has 0 saturated carbocycles. The Labute approximate surface area is 285 Å². The van der Waals surface area contributed by atoms with Crippen molar-refractivity contribution in [2.75, 3.05) is 11.9 Å². The molecule has 250 valence electrons. The summed E-state index contributed by atoms with van der Waals surface area (Å²) in [7, 11) is 0. The molecule has 4 aromatic carbocycles. The Bertz CT molecular complexity index is 2140. The molecular weight excluding hydrogens is 643 g/mol. The minimum absolute atomic E-state index is 0.240. The number of nitrogens with zero attached hydrogens (tertiary/aromatic N) is 2. The number of anilines is 1.